The van der Waals surface area contributed by atoms with Crippen LogP contribution < -0.4 is 15.5 Å². The normalized spacial score (nSPS) is 17.8. The molecule has 0 amide bonds. The van der Waals surface area contributed by atoms with Crippen LogP contribution in [0.1, 0.15) is 69.8 Å². The highest BCUT2D eigenvalue weighted by Gasteiger charge is 2.22. The Labute approximate surface area is 218 Å². The second kappa shape index (κ2) is 14.2. The third-order valence-corrected chi connectivity index (χ3v) is 7.53. The van der Waals surface area contributed by atoms with Gasteiger partial charge in [0.2, 0.25) is 5.95 Å². The van der Waals surface area contributed by atoms with Crippen molar-refractivity contribution in [1.29, 1.82) is 0 Å². The molecule has 1 heterocycles. The minimum atomic E-state index is 0.472. The molecule has 36 heavy (non-hydrogen) atoms. The molecule has 5 heteroatoms. The quantitative estimate of drug-likeness (QED) is 0.244. The summed E-state index contributed by atoms with van der Waals surface area (Å²) in [4.78, 5) is 11.7. The fourth-order valence-electron chi connectivity index (χ4n) is 5.40. The zero-order chi connectivity index (χ0) is 25.0. The molecule has 0 bridgehead atoms. The Hall–Kier alpha value is -2.66. The second-order valence-electron chi connectivity index (χ2n) is 10.7. The van der Waals surface area contributed by atoms with E-state index in [1.54, 1.807) is 0 Å². The average molecular weight is 488 g/mol. The van der Waals surface area contributed by atoms with Crippen molar-refractivity contribution < 1.29 is 0 Å². The Morgan fingerprint density at radius 3 is 2.25 bits per heavy atom. The van der Waals surface area contributed by atoms with E-state index in [4.69, 9.17) is 9.97 Å². The van der Waals surface area contributed by atoms with Gasteiger partial charge in [0.1, 0.15) is 5.82 Å². The van der Waals surface area contributed by atoms with E-state index >= 15 is 0 Å². The van der Waals surface area contributed by atoms with Gasteiger partial charge in [-0.1, -0.05) is 68.1 Å². The van der Waals surface area contributed by atoms with E-state index < -0.39 is 0 Å². The molecule has 0 unspecified atom stereocenters. The molecule has 3 aromatic rings. The smallest absolute Gasteiger partial charge is 0.225 e. The molecular weight excluding hydrogens is 442 g/mol. The molecule has 1 saturated carbocycles. The molecule has 5 nitrogen and oxygen atoms in total. The lowest BCUT2D eigenvalue weighted by molar-refractivity contribution is 0.323. The first-order valence-electron chi connectivity index (χ1n) is 14.1. The lowest BCUT2D eigenvalue weighted by Crippen LogP contribution is -2.32. The molecular formula is C31H45N5. The predicted molar refractivity (Wildman–Crippen MR) is 154 cm³/mol. The van der Waals surface area contributed by atoms with Crippen LogP contribution in [0.4, 0.5) is 11.8 Å². The third kappa shape index (κ3) is 8.19. The minimum Gasteiger partial charge on any atom is -0.362 e. The van der Waals surface area contributed by atoms with Crippen LogP contribution in [0.15, 0.2) is 54.6 Å². The fourth-order valence-corrected chi connectivity index (χ4v) is 5.40. The molecule has 0 spiro atoms. The number of rotatable bonds is 14. The molecule has 0 radical (unpaired) electrons. The van der Waals surface area contributed by atoms with Gasteiger partial charge in [-0.25, -0.2) is 4.98 Å². The first kappa shape index (κ1) is 26.4. The first-order chi connectivity index (χ1) is 17.7. The number of hydrogen-bond acceptors (Lipinski definition) is 5. The minimum absolute atomic E-state index is 0.472. The van der Waals surface area contributed by atoms with Gasteiger partial charge in [-0.15, -0.1) is 0 Å². The molecule has 4 rings (SSSR count). The summed E-state index contributed by atoms with van der Waals surface area (Å²) in [5.41, 5.74) is 2.48. The summed E-state index contributed by atoms with van der Waals surface area (Å²) in [6, 6.07) is 19.6. The van der Waals surface area contributed by atoms with Crippen LogP contribution >= 0.6 is 0 Å². The fraction of sp³-hybridized carbons (Fsp3) is 0.548. The molecule has 1 aliphatic rings. The van der Waals surface area contributed by atoms with Gasteiger partial charge in [0.25, 0.3) is 0 Å². The number of anilines is 2. The molecule has 0 saturated heterocycles. The molecule has 0 atom stereocenters. The largest absolute Gasteiger partial charge is 0.362 e. The molecule has 2 aromatic carbocycles. The summed E-state index contributed by atoms with van der Waals surface area (Å²) in [5.74, 6) is 2.54. The van der Waals surface area contributed by atoms with Crippen LogP contribution in [0.5, 0.6) is 0 Å². The van der Waals surface area contributed by atoms with Gasteiger partial charge < -0.3 is 15.5 Å². The van der Waals surface area contributed by atoms with E-state index in [0.717, 1.165) is 28.6 Å². The van der Waals surface area contributed by atoms with Crippen LogP contribution in [0, 0.1) is 5.92 Å². The third-order valence-electron chi connectivity index (χ3n) is 7.53. The predicted octanol–water partition coefficient (Wildman–Crippen LogP) is 6.84. The monoisotopic (exact) mass is 487 g/mol. The van der Waals surface area contributed by atoms with Crippen molar-refractivity contribution in [2.75, 3.05) is 37.4 Å². The second-order valence-corrected chi connectivity index (χ2v) is 10.7. The molecule has 1 aromatic heterocycles. The number of aromatic nitrogens is 2. The zero-order valence-electron chi connectivity index (χ0n) is 22.4. The number of benzene rings is 2. The Morgan fingerprint density at radius 1 is 0.778 bits per heavy atom. The summed E-state index contributed by atoms with van der Waals surface area (Å²) in [6.07, 6.45) is 14.3. The van der Waals surface area contributed by atoms with Crippen molar-refractivity contribution >= 4 is 22.7 Å². The number of aryl methyl sites for hydroxylation is 1. The number of nitrogens with one attached hydrogen (secondary N) is 2. The average Bonchev–Trinajstić information content (AvgIpc) is 2.90. The Bertz CT molecular complexity index is 1030. The standard InChI is InChI=1S/C31H45N5/c1-36(2)30-28-17-11-12-18-29(28)34-31(35-30)33-27-21-19-26(20-22-27)24-32-23-13-6-4-3-5-8-14-25-15-9-7-10-16-25/h7,9-12,15-18,26-27,32H,3-6,8,13-14,19-24H2,1-2H3,(H,33,34,35)/t26-,27+. The molecule has 194 valence electrons. The van der Waals surface area contributed by atoms with Gasteiger partial charge in [-0.05, 0) is 81.6 Å². The summed E-state index contributed by atoms with van der Waals surface area (Å²) in [6.45, 7) is 2.33. The van der Waals surface area contributed by atoms with Crippen molar-refractivity contribution in [2.24, 2.45) is 5.92 Å². The maximum Gasteiger partial charge on any atom is 0.225 e. The summed E-state index contributed by atoms with van der Waals surface area (Å²) >= 11 is 0. The van der Waals surface area contributed by atoms with E-state index in [1.165, 1.54) is 89.3 Å². The van der Waals surface area contributed by atoms with E-state index in [1.807, 2.05) is 20.2 Å². The van der Waals surface area contributed by atoms with E-state index in [2.05, 4.69) is 64.1 Å². The van der Waals surface area contributed by atoms with Crippen LogP contribution in [0.25, 0.3) is 10.9 Å². The van der Waals surface area contributed by atoms with Crippen LogP contribution in [0.2, 0.25) is 0 Å². The van der Waals surface area contributed by atoms with Gasteiger partial charge in [0.05, 0.1) is 5.52 Å². The van der Waals surface area contributed by atoms with Crippen molar-refractivity contribution in [3.63, 3.8) is 0 Å². The SMILES string of the molecule is CN(C)c1nc(N[C@H]2CC[C@@H](CNCCCCCCCCc3ccccc3)CC2)nc2ccccc12. The van der Waals surface area contributed by atoms with Crippen molar-refractivity contribution in [3.05, 3.63) is 60.2 Å². The highest BCUT2D eigenvalue weighted by molar-refractivity contribution is 5.90. The van der Waals surface area contributed by atoms with E-state index in [-0.39, 0.29) is 0 Å². The van der Waals surface area contributed by atoms with Gasteiger partial charge in [-0.3, -0.25) is 0 Å². The molecule has 1 aliphatic carbocycles. The topological polar surface area (TPSA) is 53.1 Å². The highest BCUT2D eigenvalue weighted by atomic mass is 15.2. The number of nitrogens with zero attached hydrogens (tertiary/aromatic N) is 3. The lowest BCUT2D eigenvalue weighted by atomic mass is 9.86. The van der Waals surface area contributed by atoms with Crippen molar-refractivity contribution in [2.45, 2.75) is 76.7 Å². The molecule has 2 N–H and O–H groups in total. The number of fused-ring (bicyclic) bond motifs is 1. The summed E-state index contributed by atoms with van der Waals surface area (Å²) in [5, 5.41) is 8.47. The van der Waals surface area contributed by atoms with E-state index in [9.17, 15) is 0 Å². The van der Waals surface area contributed by atoms with Gasteiger partial charge in [0, 0.05) is 25.5 Å². The number of para-hydroxylation sites is 1. The highest BCUT2D eigenvalue weighted by Crippen LogP contribution is 2.28. The molecule has 1 fully saturated rings. The zero-order valence-corrected chi connectivity index (χ0v) is 22.4. The maximum atomic E-state index is 4.82. The van der Waals surface area contributed by atoms with Gasteiger partial charge in [0.15, 0.2) is 0 Å². The van der Waals surface area contributed by atoms with Crippen molar-refractivity contribution in [3.8, 4) is 0 Å². The summed E-state index contributed by atoms with van der Waals surface area (Å²) < 4.78 is 0. The lowest BCUT2D eigenvalue weighted by Gasteiger charge is -2.29. The van der Waals surface area contributed by atoms with Gasteiger partial charge >= 0.3 is 0 Å². The van der Waals surface area contributed by atoms with Crippen LogP contribution in [-0.2, 0) is 6.42 Å². The first-order valence-corrected chi connectivity index (χ1v) is 14.1. The molecule has 0 aliphatic heterocycles. The van der Waals surface area contributed by atoms with Gasteiger partial charge in [-0.2, -0.15) is 4.98 Å². The maximum absolute atomic E-state index is 4.82. The van der Waals surface area contributed by atoms with E-state index in [0.29, 0.717) is 6.04 Å². The summed E-state index contributed by atoms with van der Waals surface area (Å²) in [7, 11) is 4.09. The Kier molecular flexibility index (Phi) is 10.4. The van der Waals surface area contributed by atoms with Crippen molar-refractivity contribution in [1.82, 2.24) is 15.3 Å². The Balaban J connectivity index is 1.05. The van der Waals surface area contributed by atoms with Crippen LogP contribution in [-0.4, -0.2) is 43.2 Å². The Morgan fingerprint density at radius 2 is 1.47 bits per heavy atom. The number of hydrogen-bond donors (Lipinski definition) is 2. The van der Waals surface area contributed by atoms with Crippen LogP contribution in [0.3, 0.4) is 0 Å². The number of unbranched alkanes of at least 4 members (excludes halogenated alkanes) is 5.